The van der Waals surface area contributed by atoms with Crippen LogP contribution in [0.3, 0.4) is 0 Å². The van der Waals surface area contributed by atoms with Crippen LogP contribution in [0.4, 0.5) is 0 Å². The lowest BCUT2D eigenvalue weighted by Crippen LogP contribution is -2.33. The van der Waals surface area contributed by atoms with E-state index in [0.717, 1.165) is 17.7 Å². The SMILES string of the molecule is CCCCC(CC)NC(CC(=O)O)c1cccs1. The van der Waals surface area contributed by atoms with Crippen molar-refractivity contribution in [2.24, 2.45) is 0 Å². The van der Waals surface area contributed by atoms with Crippen molar-refractivity contribution in [1.29, 1.82) is 0 Å². The van der Waals surface area contributed by atoms with E-state index in [0.29, 0.717) is 6.04 Å². The lowest BCUT2D eigenvalue weighted by Gasteiger charge is -2.23. The summed E-state index contributed by atoms with van der Waals surface area (Å²) in [5.74, 6) is -0.744. The number of nitrogens with one attached hydrogen (secondary N) is 1. The number of carbonyl (C=O) groups is 1. The molecular weight excluding hydrogens is 246 g/mol. The minimum atomic E-state index is -0.744. The molecule has 0 bridgehead atoms. The van der Waals surface area contributed by atoms with E-state index >= 15 is 0 Å². The molecular formula is C14H23NO2S. The molecule has 1 rings (SSSR count). The Kier molecular flexibility index (Phi) is 6.98. The predicted molar refractivity (Wildman–Crippen MR) is 76.1 cm³/mol. The van der Waals surface area contributed by atoms with Crippen molar-refractivity contribution < 1.29 is 9.90 Å². The number of carboxylic acids is 1. The third-order valence-electron chi connectivity index (χ3n) is 3.10. The predicted octanol–water partition coefficient (Wildman–Crippen LogP) is 3.82. The van der Waals surface area contributed by atoms with Gasteiger partial charge in [-0.3, -0.25) is 4.79 Å². The van der Waals surface area contributed by atoms with Crippen molar-refractivity contribution in [2.45, 2.75) is 58.0 Å². The maximum absolute atomic E-state index is 11.0. The zero-order valence-corrected chi connectivity index (χ0v) is 12.0. The first-order valence-corrected chi connectivity index (χ1v) is 7.56. The van der Waals surface area contributed by atoms with Gasteiger partial charge in [-0.05, 0) is 24.3 Å². The van der Waals surface area contributed by atoms with Gasteiger partial charge >= 0.3 is 5.97 Å². The van der Waals surface area contributed by atoms with Gasteiger partial charge < -0.3 is 10.4 Å². The topological polar surface area (TPSA) is 49.3 Å². The zero-order valence-electron chi connectivity index (χ0n) is 11.2. The fraction of sp³-hybridized carbons (Fsp3) is 0.643. The lowest BCUT2D eigenvalue weighted by molar-refractivity contribution is -0.137. The van der Waals surface area contributed by atoms with Crippen LogP contribution < -0.4 is 5.32 Å². The molecule has 102 valence electrons. The summed E-state index contributed by atoms with van der Waals surface area (Å²) in [6, 6.07) is 4.35. The highest BCUT2D eigenvalue weighted by Crippen LogP contribution is 2.23. The number of carboxylic acid groups (broad SMARTS) is 1. The summed E-state index contributed by atoms with van der Waals surface area (Å²) in [4.78, 5) is 12.1. The summed E-state index contributed by atoms with van der Waals surface area (Å²) in [5.41, 5.74) is 0. The van der Waals surface area contributed by atoms with Crippen LogP contribution in [0.2, 0.25) is 0 Å². The summed E-state index contributed by atoms with van der Waals surface area (Å²) in [6.07, 6.45) is 4.69. The second-order valence-corrected chi connectivity index (χ2v) is 5.56. The van der Waals surface area contributed by atoms with Crippen LogP contribution >= 0.6 is 11.3 Å². The molecule has 1 heterocycles. The summed E-state index contributed by atoms with van der Waals surface area (Å²) in [5, 5.41) is 14.5. The standard InChI is InChI=1S/C14H23NO2S/c1-3-5-7-11(4-2)15-12(10-14(16)17)13-8-6-9-18-13/h6,8-9,11-12,15H,3-5,7,10H2,1-2H3,(H,16,17). The van der Waals surface area contributed by atoms with Crippen LogP contribution in [0.15, 0.2) is 17.5 Å². The van der Waals surface area contributed by atoms with Crippen LogP contribution in [-0.2, 0) is 4.79 Å². The van der Waals surface area contributed by atoms with Crippen LogP contribution in [0.5, 0.6) is 0 Å². The number of unbranched alkanes of at least 4 members (excludes halogenated alkanes) is 1. The molecule has 0 aliphatic carbocycles. The molecule has 0 fully saturated rings. The molecule has 2 N–H and O–H groups in total. The first kappa shape index (κ1) is 15.2. The summed E-state index contributed by atoms with van der Waals surface area (Å²) >= 11 is 1.62. The minimum absolute atomic E-state index is 0.0516. The highest BCUT2D eigenvalue weighted by Gasteiger charge is 2.19. The van der Waals surface area contributed by atoms with Gasteiger partial charge in [-0.1, -0.05) is 32.8 Å². The van der Waals surface area contributed by atoms with Crippen molar-refractivity contribution in [1.82, 2.24) is 5.32 Å². The summed E-state index contributed by atoms with van der Waals surface area (Å²) < 4.78 is 0. The van der Waals surface area contributed by atoms with Crippen molar-refractivity contribution >= 4 is 17.3 Å². The maximum Gasteiger partial charge on any atom is 0.305 e. The third kappa shape index (κ3) is 5.19. The monoisotopic (exact) mass is 269 g/mol. The minimum Gasteiger partial charge on any atom is -0.481 e. The van der Waals surface area contributed by atoms with Gasteiger partial charge in [0.1, 0.15) is 0 Å². The smallest absolute Gasteiger partial charge is 0.305 e. The molecule has 2 atom stereocenters. The summed E-state index contributed by atoms with van der Waals surface area (Å²) in [6.45, 7) is 4.33. The third-order valence-corrected chi connectivity index (χ3v) is 4.09. The Hall–Kier alpha value is -0.870. The second kappa shape index (κ2) is 8.27. The van der Waals surface area contributed by atoms with Crippen LogP contribution in [0.25, 0.3) is 0 Å². The maximum atomic E-state index is 11.0. The van der Waals surface area contributed by atoms with Crippen molar-refractivity contribution in [2.75, 3.05) is 0 Å². The highest BCUT2D eigenvalue weighted by molar-refractivity contribution is 7.10. The van der Waals surface area contributed by atoms with E-state index in [1.54, 1.807) is 11.3 Å². The van der Waals surface area contributed by atoms with Gasteiger partial charge in [0, 0.05) is 10.9 Å². The number of hydrogen-bond acceptors (Lipinski definition) is 3. The fourth-order valence-corrected chi connectivity index (χ4v) is 2.83. The van der Waals surface area contributed by atoms with Gasteiger partial charge in [0.15, 0.2) is 0 Å². The van der Waals surface area contributed by atoms with Gasteiger partial charge in [0.2, 0.25) is 0 Å². The average Bonchev–Trinajstić information content (AvgIpc) is 2.86. The Balaban J connectivity index is 2.62. The molecule has 2 unspecified atom stereocenters. The van der Waals surface area contributed by atoms with Gasteiger partial charge in [0.25, 0.3) is 0 Å². The molecule has 0 saturated heterocycles. The van der Waals surface area contributed by atoms with Gasteiger partial charge in [-0.2, -0.15) is 0 Å². The van der Waals surface area contributed by atoms with E-state index in [-0.39, 0.29) is 12.5 Å². The normalized spacial score (nSPS) is 14.3. The lowest BCUT2D eigenvalue weighted by atomic mass is 10.0. The summed E-state index contributed by atoms with van der Waals surface area (Å²) in [7, 11) is 0. The van der Waals surface area contributed by atoms with Crippen molar-refractivity contribution in [3.8, 4) is 0 Å². The average molecular weight is 269 g/mol. The number of aliphatic carboxylic acids is 1. The van der Waals surface area contributed by atoms with E-state index < -0.39 is 5.97 Å². The van der Waals surface area contributed by atoms with E-state index in [1.165, 1.54) is 12.8 Å². The van der Waals surface area contributed by atoms with E-state index in [1.807, 2.05) is 17.5 Å². The first-order valence-electron chi connectivity index (χ1n) is 6.68. The molecule has 1 aromatic rings. The van der Waals surface area contributed by atoms with Gasteiger partial charge in [0.05, 0.1) is 12.5 Å². The molecule has 3 nitrogen and oxygen atoms in total. The van der Waals surface area contributed by atoms with E-state index in [9.17, 15) is 4.79 Å². The van der Waals surface area contributed by atoms with Crippen LogP contribution in [0, 0.1) is 0 Å². The molecule has 0 saturated carbocycles. The largest absolute Gasteiger partial charge is 0.481 e. The quantitative estimate of drug-likeness (QED) is 0.716. The Bertz CT molecular complexity index is 338. The van der Waals surface area contributed by atoms with Gasteiger partial charge in [-0.15, -0.1) is 11.3 Å². The first-order chi connectivity index (χ1) is 8.67. The Morgan fingerprint density at radius 3 is 2.78 bits per heavy atom. The van der Waals surface area contributed by atoms with Crippen LogP contribution in [0.1, 0.15) is 56.9 Å². The molecule has 0 aliphatic heterocycles. The Morgan fingerprint density at radius 2 is 2.28 bits per heavy atom. The highest BCUT2D eigenvalue weighted by atomic mass is 32.1. The second-order valence-electron chi connectivity index (χ2n) is 4.58. The Morgan fingerprint density at radius 1 is 1.50 bits per heavy atom. The van der Waals surface area contributed by atoms with Crippen molar-refractivity contribution in [3.63, 3.8) is 0 Å². The Labute approximate surface area is 113 Å². The molecule has 18 heavy (non-hydrogen) atoms. The molecule has 0 radical (unpaired) electrons. The van der Waals surface area contributed by atoms with Gasteiger partial charge in [-0.25, -0.2) is 0 Å². The number of thiophene rings is 1. The van der Waals surface area contributed by atoms with E-state index in [2.05, 4.69) is 19.2 Å². The van der Waals surface area contributed by atoms with Crippen LogP contribution in [-0.4, -0.2) is 17.1 Å². The molecule has 0 aromatic carbocycles. The fourth-order valence-electron chi connectivity index (χ4n) is 2.05. The zero-order chi connectivity index (χ0) is 13.4. The molecule has 4 heteroatoms. The number of hydrogen-bond donors (Lipinski definition) is 2. The molecule has 0 amide bonds. The van der Waals surface area contributed by atoms with Crippen molar-refractivity contribution in [3.05, 3.63) is 22.4 Å². The van der Waals surface area contributed by atoms with E-state index in [4.69, 9.17) is 5.11 Å². The molecule has 0 spiro atoms. The number of rotatable bonds is 9. The molecule has 1 aromatic heterocycles. The molecule has 0 aliphatic rings.